The molecule has 7 N–H and O–H groups in total. The smallest absolute Gasteiger partial charge is 0.414 e. The molecule has 3 unspecified atom stereocenters. The summed E-state index contributed by atoms with van der Waals surface area (Å²) in [7, 11) is 9.27. The van der Waals surface area contributed by atoms with E-state index in [2.05, 4.69) is 30.2 Å². The van der Waals surface area contributed by atoms with Crippen LogP contribution in [-0.4, -0.2) is 177 Å². The Morgan fingerprint density at radius 2 is 0.759 bits per heavy atom. The fourth-order valence-electron chi connectivity index (χ4n) is 7.95. The molecular weight excluding hydrogens is 1040 g/mol. The van der Waals surface area contributed by atoms with Crippen LogP contribution in [0.3, 0.4) is 0 Å². The Bertz CT molecular complexity index is 2360. The second kappa shape index (κ2) is 31.8. The van der Waals surface area contributed by atoms with E-state index in [4.69, 9.17) is 34.6 Å². The van der Waals surface area contributed by atoms with Crippen LogP contribution in [0.5, 0.6) is 17.2 Å². The van der Waals surface area contributed by atoms with E-state index in [9.17, 15) is 43.2 Å². The zero-order chi connectivity index (χ0) is 59.0. The number of carboxylic acids is 3. The molecule has 3 heterocycles. The summed E-state index contributed by atoms with van der Waals surface area (Å²) in [4.78, 5) is 104. The van der Waals surface area contributed by atoms with Gasteiger partial charge < -0.3 is 79.5 Å². The van der Waals surface area contributed by atoms with Crippen molar-refractivity contribution < 1.29 is 92.0 Å². The molecule has 0 bridgehead atoms. The van der Waals surface area contributed by atoms with Gasteiger partial charge >= 0.3 is 54.1 Å². The average Bonchev–Trinajstić information content (AvgIpc) is 4.18. The molecule has 25 heteroatoms. The molecular formula is C54H74N6O19. The summed E-state index contributed by atoms with van der Waals surface area (Å²) < 4.78 is 30.0. The van der Waals surface area contributed by atoms with Gasteiger partial charge in [-0.2, -0.15) is 0 Å². The molecule has 3 aliphatic heterocycles. The molecule has 0 aromatic heterocycles. The minimum atomic E-state index is -2.74. The first kappa shape index (κ1) is 64.9. The number of amides is 3. The molecule has 3 aromatic rings. The largest absolute Gasteiger partial charge is 0.481 e. The van der Waals surface area contributed by atoms with Crippen molar-refractivity contribution in [2.24, 2.45) is 0 Å². The van der Waals surface area contributed by atoms with Gasteiger partial charge in [0.2, 0.25) is 0 Å². The second-order valence-corrected chi connectivity index (χ2v) is 18.4. The van der Waals surface area contributed by atoms with Crippen molar-refractivity contribution in [1.82, 2.24) is 14.7 Å². The van der Waals surface area contributed by atoms with Gasteiger partial charge in [0, 0.05) is 133 Å². The predicted octanol–water partition coefficient (Wildman–Crippen LogP) is 6.55. The molecule has 6 rings (SSSR count). The van der Waals surface area contributed by atoms with Gasteiger partial charge in [0.15, 0.2) is 5.60 Å². The average molecular weight is 1110 g/mol. The number of esters is 3. The number of rotatable bonds is 20. The molecule has 0 spiro atoms. The van der Waals surface area contributed by atoms with Crippen LogP contribution < -0.4 is 30.2 Å². The highest BCUT2D eigenvalue weighted by Gasteiger charge is 2.41. The monoisotopic (exact) mass is 1110 g/mol. The van der Waals surface area contributed by atoms with Crippen LogP contribution in [0.25, 0.3) is 0 Å². The first-order chi connectivity index (χ1) is 37.4. The van der Waals surface area contributed by atoms with Crippen molar-refractivity contribution >= 4 is 71.2 Å². The van der Waals surface area contributed by atoms with Gasteiger partial charge in [0.05, 0.1) is 34.2 Å². The number of carbonyl (C=O) groups excluding carboxylic acids is 6. The Labute approximate surface area is 458 Å². The lowest BCUT2D eigenvalue weighted by atomic mass is 9.96. The number of benzene rings is 3. The summed E-state index contributed by atoms with van der Waals surface area (Å²) in [5, 5.41) is 43.7. The molecule has 0 saturated heterocycles. The predicted molar refractivity (Wildman–Crippen MR) is 287 cm³/mol. The number of nitrogens with zero attached hydrogens (tertiary/aromatic N) is 3. The lowest BCUT2D eigenvalue weighted by Crippen LogP contribution is -2.42. The van der Waals surface area contributed by atoms with Crippen LogP contribution in [0.1, 0.15) is 107 Å². The van der Waals surface area contributed by atoms with E-state index in [0.717, 1.165) is 72.6 Å². The van der Waals surface area contributed by atoms with Crippen molar-refractivity contribution in [2.75, 3.05) is 97.7 Å². The SMILES string of the molecule is CCN(C)C(=O)Oc1ccc2c(c1)NCC2CCC(=O)OC.CCN(C)C(=O)Oc1ccc2c(c1)NCC2CCC(=O)OC.CCN(C)C(=O)Oc1ccc2c(c1)NCC2CCC(=O)OC.O=C(O)CC(O)(CC(=O)O)C(=O)O. The van der Waals surface area contributed by atoms with Crippen LogP contribution >= 0.6 is 0 Å². The molecule has 0 radical (unpaired) electrons. The third-order valence-corrected chi connectivity index (χ3v) is 13.0. The van der Waals surface area contributed by atoms with E-state index < -0.39 is 36.4 Å². The van der Waals surface area contributed by atoms with Crippen LogP contribution in [0.2, 0.25) is 0 Å². The van der Waals surface area contributed by atoms with Crippen molar-refractivity contribution in [3.05, 3.63) is 71.3 Å². The van der Waals surface area contributed by atoms with E-state index in [1.165, 1.54) is 36.0 Å². The number of hydrogen-bond donors (Lipinski definition) is 7. The number of nitrogens with one attached hydrogen (secondary N) is 3. The Balaban J connectivity index is 0.000000282. The minimum Gasteiger partial charge on any atom is -0.481 e. The molecule has 3 atom stereocenters. The molecule has 0 saturated carbocycles. The van der Waals surface area contributed by atoms with E-state index in [-0.39, 0.29) is 53.9 Å². The molecule has 3 aromatic carbocycles. The number of aliphatic hydroxyl groups is 1. The Hall–Kier alpha value is -8.35. The van der Waals surface area contributed by atoms with Crippen molar-refractivity contribution in [2.45, 2.75) is 95.5 Å². The molecule has 0 aliphatic carbocycles. The number of carbonyl (C=O) groups is 9. The Kier molecular flexibility index (Phi) is 26.1. The van der Waals surface area contributed by atoms with Gasteiger partial charge in [0.1, 0.15) is 17.2 Å². The number of hydrogen-bond acceptors (Lipinski definition) is 19. The highest BCUT2D eigenvalue weighted by molar-refractivity contribution is 5.88. The highest BCUT2D eigenvalue weighted by Crippen LogP contribution is 2.39. The molecule has 79 heavy (non-hydrogen) atoms. The molecule has 3 amide bonds. The highest BCUT2D eigenvalue weighted by atomic mass is 16.6. The summed E-state index contributed by atoms with van der Waals surface area (Å²) in [6, 6.07) is 16.7. The zero-order valence-corrected chi connectivity index (χ0v) is 46.1. The number of carboxylic acid groups (broad SMARTS) is 3. The van der Waals surface area contributed by atoms with Gasteiger partial charge in [-0.25, -0.2) is 19.2 Å². The van der Waals surface area contributed by atoms with Crippen molar-refractivity contribution in [3.8, 4) is 17.2 Å². The molecule has 434 valence electrons. The maximum Gasteiger partial charge on any atom is 0.414 e. The van der Waals surface area contributed by atoms with Crippen molar-refractivity contribution in [3.63, 3.8) is 0 Å². The number of fused-ring (bicyclic) bond motifs is 3. The number of anilines is 3. The van der Waals surface area contributed by atoms with E-state index in [0.29, 0.717) is 56.1 Å². The number of aliphatic carboxylic acids is 3. The van der Waals surface area contributed by atoms with Gasteiger partial charge in [-0.3, -0.25) is 24.0 Å². The fraction of sp³-hybridized carbons (Fsp3) is 0.500. The summed E-state index contributed by atoms with van der Waals surface area (Å²) in [5.74, 6) is -3.22. The van der Waals surface area contributed by atoms with Crippen LogP contribution in [0.4, 0.5) is 31.4 Å². The second-order valence-electron chi connectivity index (χ2n) is 18.4. The first-order valence-corrected chi connectivity index (χ1v) is 25.4. The fourth-order valence-corrected chi connectivity index (χ4v) is 7.95. The Morgan fingerprint density at radius 1 is 0.494 bits per heavy atom. The maximum atomic E-state index is 11.8. The Morgan fingerprint density at radius 3 is 0.975 bits per heavy atom. The van der Waals surface area contributed by atoms with Crippen molar-refractivity contribution in [1.29, 1.82) is 0 Å². The molecule has 3 aliphatic rings. The van der Waals surface area contributed by atoms with E-state index >= 15 is 0 Å². The summed E-state index contributed by atoms with van der Waals surface area (Å²) in [6.45, 7) is 9.77. The van der Waals surface area contributed by atoms with E-state index in [1.54, 1.807) is 39.3 Å². The lowest BCUT2D eigenvalue weighted by Gasteiger charge is -2.18. The summed E-state index contributed by atoms with van der Waals surface area (Å²) in [6.07, 6.45) is 0.0247. The van der Waals surface area contributed by atoms with Crippen LogP contribution in [0, 0.1) is 0 Å². The number of methoxy groups -OCH3 is 3. The summed E-state index contributed by atoms with van der Waals surface area (Å²) >= 11 is 0. The van der Waals surface area contributed by atoms with Gasteiger partial charge in [-0.1, -0.05) is 18.2 Å². The van der Waals surface area contributed by atoms with Gasteiger partial charge in [0.25, 0.3) is 0 Å². The molecule has 0 fully saturated rings. The van der Waals surface area contributed by atoms with Crippen LogP contribution in [-0.2, 0) is 43.0 Å². The third-order valence-electron chi connectivity index (χ3n) is 13.0. The third kappa shape index (κ3) is 20.5. The maximum absolute atomic E-state index is 11.8. The standard InChI is InChI=1S/3C16H22N2O4.C6H8O7/c3*1-4-18(2)16(20)22-12-6-7-13-11(5-8-15(19)21-3)10-17-14(13)9-12;7-3(8)1-6(13,5(11)12)2-4(9)10/h3*6-7,9,11,17H,4-5,8,10H2,1-3H3;13H,1-2H2,(H,7,8)(H,9,10)(H,11,12). The zero-order valence-electron chi connectivity index (χ0n) is 46.1. The normalized spacial score (nSPS) is 14.9. The lowest BCUT2D eigenvalue weighted by molar-refractivity contribution is -0.170. The van der Waals surface area contributed by atoms with Gasteiger partial charge in [-0.15, -0.1) is 0 Å². The molecule has 25 nitrogen and oxygen atoms in total. The first-order valence-electron chi connectivity index (χ1n) is 25.4. The topological polar surface area (TPSA) is 336 Å². The number of ether oxygens (including phenoxy) is 6. The quantitative estimate of drug-likeness (QED) is 0.0466. The van der Waals surface area contributed by atoms with Gasteiger partial charge in [-0.05, 0) is 74.9 Å². The van der Waals surface area contributed by atoms with E-state index in [1.807, 2.05) is 57.2 Å². The minimum absolute atomic E-state index is 0.193. The van der Waals surface area contributed by atoms with Crippen LogP contribution in [0.15, 0.2) is 54.6 Å². The summed E-state index contributed by atoms with van der Waals surface area (Å²) in [5.41, 5.74) is 3.57.